The normalized spacial score (nSPS) is 12.1. The Kier molecular flexibility index (Phi) is 6.45. The van der Waals surface area contributed by atoms with E-state index in [9.17, 15) is 5.11 Å². The molecular weight excluding hydrogens is 224 g/mol. The monoisotopic (exact) mass is 246 g/mol. The first-order valence-corrected chi connectivity index (χ1v) is 6.27. The minimum atomic E-state index is -0.250. The SMILES string of the molecule is CC(O)CCN(C)Cc1ccccc1C#CCN. The molecule has 1 aromatic rings. The van der Waals surface area contributed by atoms with Crippen molar-refractivity contribution in [3.05, 3.63) is 35.4 Å². The first-order valence-electron chi connectivity index (χ1n) is 6.27. The molecule has 0 spiro atoms. The van der Waals surface area contributed by atoms with Crippen LogP contribution in [0.25, 0.3) is 0 Å². The summed E-state index contributed by atoms with van der Waals surface area (Å²) in [6.07, 6.45) is 0.535. The van der Waals surface area contributed by atoms with E-state index in [1.165, 1.54) is 5.56 Å². The van der Waals surface area contributed by atoms with Gasteiger partial charge in [-0.2, -0.15) is 0 Å². The van der Waals surface area contributed by atoms with E-state index in [1.54, 1.807) is 0 Å². The lowest BCUT2D eigenvalue weighted by Gasteiger charge is -2.18. The second-order valence-corrected chi connectivity index (χ2v) is 4.54. The van der Waals surface area contributed by atoms with Gasteiger partial charge in [0.1, 0.15) is 0 Å². The van der Waals surface area contributed by atoms with Crippen LogP contribution in [0.15, 0.2) is 24.3 Å². The summed E-state index contributed by atoms with van der Waals surface area (Å²) < 4.78 is 0. The molecule has 98 valence electrons. The molecule has 0 fully saturated rings. The van der Waals surface area contributed by atoms with Crippen molar-refractivity contribution in [1.29, 1.82) is 0 Å². The Balaban J connectivity index is 2.65. The fourth-order valence-corrected chi connectivity index (χ4v) is 1.70. The van der Waals surface area contributed by atoms with Gasteiger partial charge < -0.3 is 15.7 Å². The molecular formula is C15H22N2O. The number of nitrogens with two attached hydrogens (primary N) is 1. The van der Waals surface area contributed by atoms with E-state index in [2.05, 4.69) is 29.9 Å². The van der Waals surface area contributed by atoms with Crippen molar-refractivity contribution in [2.24, 2.45) is 5.73 Å². The van der Waals surface area contributed by atoms with Crippen molar-refractivity contribution >= 4 is 0 Å². The number of hydrogen-bond donors (Lipinski definition) is 2. The van der Waals surface area contributed by atoms with Gasteiger partial charge in [-0.3, -0.25) is 0 Å². The lowest BCUT2D eigenvalue weighted by atomic mass is 10.1. The van der Waals surface area contributed by atoms with E-state index in [0.29, 0.717) is 6.54 Å². The van der Waals surface area contributed by atoms with Gasteiger partial charge in [0.15, 0.2) is 0 Å². The summed E-state index contributed by atoms with van der Waals surface area (Å²) in [5.74, 6) is 5.98. The Morgan fingerprint density at radius 3 is 2.78 bits per heavy atom. The van der Waals surface area contributed by atoms with Gasteiger partial charge in [-0.1, -0.05) is 30.0 Å². The molecule has 0 aliphatic heterocycles. The maximum Gasteiger partial charge on any atom is 0.0555 e. The second kappa shape index (κ2) is 7.88. The predicted molar refractivity (Wildman–Crippen MR) is 75.0 cm³/mol. The number of nitrogens with zero attached hydrogens (tertiary/aromatic N) is 1. The maximum absolute atomic E-state index is 9.28. The van der Waals surface area contributed by atoms with E-state index >= 15 is 0 Å². The fraction of sp³-hybridized carbons (Fsp3) is 0.467. The summed E-state index contributed by atoms with van der Waals surface area (Å²) in [5, 5.41) is 9.28. The van der Waals surface area contributed by atoms with Crippen LogP contribution in [-0.2, 0) is 6.54 Å². The average molecular weight is 246 g/mol. The van der Waals surface area contributed by atoms with Gasteiger partial charge in [0.2, 0.25) is 0 Å². The van der Waals surface area contributed by atoms with Crippen LogP contribution < -0.4 is 5.73 Å². The van der Waals surface area contributed by atoms with Crippen molar-refractivity contribution in [2.45, 2.75) is 26.0 Å². The lowest BCUT2D eigenvalue weighted by Crippen LogP contribution is -2.22. The predicted octanol–water partition coefficient (Wildman–Crippen LogP) is 1.20. The number of benzene rings is 1. The maximum atomic E-state index is 9.28. The molecule has 1 atom stereocenters. The molecule has 0 heterocycles. The van der Waals surface area contributed by atoms with Crippen molar-refractivity contribution < 1.29 is 5.11 Å². The zero-order valence-corrected chi connectivity index (χ0v) is 11.2. The smallest absolute Gasteiger partial charge is 0.0555 e. The molecule has 0 radical (unpaired) electrons. The fourth-order valence-electron chi connectivity index (χ4n) is 1.70. The van der Waals surface area contributed by atoms with Gasteiger partial charge in [0, 0.05) is 18.7 Å². The van der Waals surface area contributed by atoms with Gasteiger partial charge in [0.05, 0.1) is 12.6 Å². The molecule has 0 amide bonds. The molecule has 0 aromatic heterocycles. The molecule has 1 rings (SSSR count). The van der Waals surface area contributed by atoms with Crippen LogP contribution in [0.1, 0.15) is 24.5 Å². The molecule has 18 heavy (non-hydrogen) atoms. The molecule has 3 nitrogen and oxygen atoms in total. The van der Waals surface area contributed by atoms with E-state index < -0.39 is 0 Å². The average Bonchev–Trinajstić information content (AvgIpc) is 2.35. The van der Waals surface area contributed by atoms with Crippen molar-refractivity contribution in [2.75, 3.05) is 20.1 Å². The van der Waals surface area contributed by atoms with Crippen LogP contribution >= 0.6 is 0 Å². The van der Waals surface area contributed by atoms with Crippen LogP contribution in [0.3, 0.4) is 0 Å². The second-order valence-electron chi connectivity index (χ2n) is 4.54. The number of aliphatic hydroxyl groups excluding tert-OH is 1. The highest BCUT2D eigenvalue weighted by Crippen LogP contribution is 2.10. The van der Waals surface area contributed by atoms with Crippen molar-refractivity contribution in [3.8, 4) is 11.8 Å². The Labute approximate surface area is 110 Å². The van der Waals surface area contributed by atoms with E-state index in [0.717, 1.165) is 25.1 Å². The summed E-state index contributed by atoms with van der Waals surface area (Å²) >= 11 is 0. The topological polar surface area (TPSA) is 49.5 Å². The Hall–Kier alpha value is -1.34. The highest BCUT2D eigenvalue weighted by molar-refractivity contribution is 5.41. The summed E-state index contributed by atoms with van der Waals surface area (Å²) in [6, 6.07) is 8.10. The minimum Gasteiger partial charge on any atom is -0.393 e. The first kappa shape index (κ1) is 14.7. The Morgan fingerprint density at radius 2 is 2.11 bits per heavy atom. The molecule has 0 aliphatic rings. The van der Waals surface area contributed by atoms with Gasteiger partial charge in [-0.05, 0) is 32.0 Å². The van der Waals surface area contributed by atoms with Crippen LogP contribution in [0.5, 0.6) is 0 Å². The summed E-state index contributed by atoms with van der Waals surface area (Å²) in [6.45, 7) is 3.90. The Morgan fingerprint density at radius 1 is 1.39 bits per heavy atom. The van der Waals surface area contributed by atoms with Crippen LogP contribution in [0, 0.1) is 11.8 Å². The van der Waals surface area contributed by atoms with E-state index in [4.69, 9.17) is 5.73 Å². The molecule has 1 unspecified atom stereocenters. The molecule has 0 saturated carbocycles. The lowest BCUT2D eigenvalue weighted by molar-refractivity contribution is 0.163. The first-order chi connectivity index (χ1) is 8.63. The zero-order valence-electron chi connectivity index (χ0n) is 11.2. The highest BCUT2D eigenvalue weighted by atomic mass is 16.3. The zero-order chi connectivity index (χ0) is 13.4. The third kappa shape index (κ3) is 5.33. The molecule has 0 bridgehead atoms. The van der Waals surface area contributed by atoms with Crippen LogP contribution in [-0.4, -0.2) is 36.2 Å². The van der Waals surface area contributed by atoms with Crippen LogP contribution in [0.2, 0.25) is 0 Å². The van der Waals surface area contributed by atoms with E-state index in [-0.39, 0.29) is 6.10 Å². The van der Waals surface area contributed by atoms with Crippen molar-refractivity contribution in [3.63, 3.8) is 0 Å². The van der Waals surface area contributed by atoms with Gasteiger partial charge in [-0.25, -0.2) is 0 Å². The minimum absolute atomic E-state index is 0.250. The quantitative estimate of drug-likeness (QED) is 0.768. The summed E-state index contributed by atoms with van der Waals surface area (Å²) in [5.41, 5.74) is 7.63. The molecule has 0 saturated heterocycles. The Bertz CT molecular complexity index is 418. The third-order valence-corrected chi connectivity index (χ3v) is 2.71. The van der Waals surface area contributed by atoms with Crippen LogP contribution in [0.4, 0.5) is 0 Å². The number of hydrogen-bond acceptors (Lipinski definition) is 3. The summed E-state index contributed by atoms with van der Waals surface area (Å²) in [4.78, 5) is 2.19. The van der Waals surface area contributed by atoms with E-state index in [1.807, 2.05) is 25.1 Å². The van der Waals surface area contributed by atoms with Crippen molar-refractivity contribution in [1.82, 2.24) is 4.90 Å². The molecule has 3 heteroatoms. The van der Waals surface area contributed by atoms with Gasteiger partial charge in [-0.15, -0.1) is 0 Å². The number of rotatable bonds is 5. The molecule has 0 aliphatic carbocycles. The summed E-state index contributed by atoms with van der Waals surface area (Å²) in [7, 11) is 2.05. The van der Waals surface area contributed by atoms with Gasteiger partial charge in [0.25, 0.3) is 0 Å². The van der Waals surface area contributed by atoms with Gasteiger partial charge >= 0.3 is 0 Å². The largest absolute Gasteiger partial charge is 0.393 e. The standard InChI is InChI=1S/C15H22N2O/c1-13(18)9-11-17(2)12-15-7-4-3-6-14(15)8-5-10-16/h3-4,6-7,13,18H,9-12,16H2,1-2H3. The highest BCUT2D eigenvalue weighted by Gasteiger charge is 2.05. The molecule has 3 N–H and O–H groups in total. The number of aliphatic hydroxyl groups is 1. The third-order valence-electron chi connectivity index (χ3n) is 2.71. The molecule has 1 aromatic carbocycles.